The molecule has 0 radical (unpaired) electrons. The van der Waals surface area contributed by atoms with Gasteiger partial charge in [0, 0.05) is 13.6 Å². The Morgan fingerprint density at radius 3 is 2.92 bits per heavy atom. The van der Waals surface area contributed by atoms with Gasteiger partial charge in [-0.1, -0.05) is 25.1 Å². The maximum absolute atomic E-state index is 13.0. The SMILES string of the molecule is CNc1cccc([C@@H]2CN(C(=O)c3c(C(C)C)noc3C)CCO2)n1. The molecule has 1 saturated heterocycles. The molecule has 1 aliphatic heterocycles. The number of carbonyl (C=O) groups is 1. The van der Waals surface area contributed by atoms with Crippen molar-refractivity contribution in [2.75, 3.05) is 32.1 Å². The van der Waals surface area contributed by atoms with Crippen LogP contribution in [0.1, 0.15) is 53.4 Å². The van der Waals surface area contributed by atoms with Crippen molar-refractivity contribution in [1.29, 1.82) is 0 Å². The third kappa shape index (κ3) is 3.51. The van der Waals surface area contributed by atoms with E-state index in [9.17, 15) is 4.79 Å². The van der Waals surface area contributed by atoms with E-state index >= 15 is 0 Å². The topological polar surface area (TPSA) is 80.5 Å². The van der Waals surface area contributed by atoms with Crippen LogP contribution in [0.15, 0.2) is 22.7 Å². The first kappa shape index (κ1) is 17.4. The molecule has 0 unspecified atom stereocenters. The number of morpholine rings is 1. The van der Waals surface area contributed by atoms with Gasteiger partial charge >= 0.3 is 0 Å². The number of nitrogens with zero attached hydrogens (tertiary/aromatic N) is 3. The second-order valence-electron chi connectivity index (χ2n) is 6.46. The lowest BCUT2D eigenvalue weighted by Crippen LogP contribution is -2.42. The van der Waals surface area contributed by atoms with Gasteiger partial charge < -0.3 is 19.5 Å². The molecule has 7 nitrogen and oxygen atoms in total. The van der Waals surface area contributed by atoms with Crippen LogP contribution in [-0.2, 0) is 4.74 Å². The van der Waals surface area contributed by atoms with Crippen LogP contribution in [0.4, 0.5) is 5.82 Å². The number of hydrogen-bond acceptors (Lipinski definition) is 6. The van der Waals surface area contributed by atoms with Gasteiger partial charge in [0.05, 0.1) is 24.5 Å². The van der Waals surface area contributed by atoms with E-state index in [-0.39, 0.29) is 17.9 Å². The predicted molar refractivity (Wildman–Crippen MR) is 93.7 cm³/mol. The average molecular weight is 344 g/mol. The number of hydrogen-bond donors (Lipinski definition) is 1. The first-order chi connectivity index (χ1) is 12.0. The van der Waals surface area contributed by atoms with Gasteiger partial charge in [-0.05, 0) is 25.0 Å². The summed E-state index contributed by atoms with van der Waals surface area (Å²) in [5.74, 6) is 1.41. The molecule has 1 N–H and O–H groups in total. The zero-order valence-corrected chi connectivity index (χ0v) is 15.1. The quantitative estimate of drug-likeness (QED) is 0.918. The molecule has 1 fully saturated rings. The highest BCUT2D eigenvalue weighted by molar-refractivity contribution is 5.96. The Hall–Kier alpha value is -2.41. The molecule has 0 aromatic carbocycles. The molecule has 3 rings (SSSR count). The van der Waals surface area contributed by atoms with E-state index in [1.165, 1.54) is 0 Å². The molecule has 2 aromatic rings. The molecule has 0 aliphatic carbocycles. The van der Waals surface area contributed by atoms with Crippen molar-refractivity contribution >= 4 is 11.7 Å². The zero-order chi connectivity index (χ0) is 18.0. The van der Waals surface area contributed by atoms with Crippen LogP contribution in [0.5, 0.6) is 0 Å². The molecular weight excluding hydrogens is 320 g/mol. The fourth-order valence-electron chi connectivity index (χ4n) is 2.98. The molecule has 0 bridgehead atoms. The van der Waals surface area contributed by atoms with Gasteiger partial charge in [-0.25, -0.2) is 4.98 Å². The molecule has 1 amide bonds. The maximum Gasteiger partial charge on any atom is 0.259 e. The summed E-state index contributed by atoms with van der Waals surface area (Å²) in [6, 6.07) is 5.74. The standard InChI is InChI=1S/C18H24N4O3/c1-11(2)17-16(12(3)25-21-17)18(23)22-8-9-24-14(10-22)13-6-5-7-15(19-4)20-13/h5-7,11,14H,8-10H2,1-4H3,(H,19,20)/t14-/m0/s1. The van der Waals surface area contributed by atoms with E-state index in [2.05, 4.69) is 15.5 Å². The zero-order valence-electron chi connectivity index (χ0n) is 15.1. The summed E-state index contributed by atoms with van der Waals surface area (Å²) in [4.78, 5) is 19.4. The van der Waals surface area contributed by atoms with Crippen molar-refractivity contribution in [3.8, 4) is 0 Å². The van der Waals surface area contributed by atoms with E-state index in [4.69, 9.17) is 9.26 Å². The summed E-state index contributed by atoms with van der Waals surface area (Å²) in [5, 5.41) is 7.08. The van der Waals surface area contributed by atoms with Crippen LogP contribution in [0.3, 0.4) is 0 Å². The monoisotopic (exact) mass is 344 g/mol. The lowest BCUT2D eigenvalue weighted by molar-refractivity contribution is -0.0247. The van der Waals surface area contributed by atoms with Crippen molar-refractivity contribution < 1.29 is 14.1 Å². The summed E-state index contributed by atoms with van der Waals surface area (Å²) in [6.07, 6.45) is -0.242. The van der Waals surface area contributed by atoms with Gasteiger partial charge in [-0.15, -0.1) is 0 Å². The summed E-state index contributed by atoms with van der Waals surface area (Å²) in [5.41, 5.74) is 2.10. The highest BCUT2D eigenvalue weighted by Gasteiger charge is 2.31. The molecule has 1 aliphatic rings. The van der Waals surface area contributed by atoms with Crippen molar-refractivity contribution in [2.24, 2.45) is 0 Å². The average Bonchev–Trinajstić information content (AvgIpc) is 3.03. The maximum atomic E-state index is 13.0. The number of rotatable bonds is 4. The van der Waals surface area contributed by atoms with E-state index in [1.807, 2.05) is 39.1 Å². The van der Waals surface area contributed by atoms with Crippen LogP contribution in [0.25, 0.3) is 0 Å². The van der Waals surface area contributed by atoms with Gasteiger partial charge in [-0.3, -0.25) is 4.79 Å². The molecular formula is C18H24N4O3. The van der Waals surface area contributed by atoms with Gasteiger partial charge in [0.25, 0.3) is 5.91 Å². The van der Waals surface area contributed by atoms with Crippen molar-refractivity contribution in [3.05, 3.63) is 40.9 Å². The fourth-order valence-corrected chi connectivity index (χ4v) is 2.98. The van der Waals surface area contributed by atoms with E-state index in [1.54, 1.807) is 11.8 Å². The van der Waals surface area contributed by atoms with Crippen molar-refractivity contribution in [2.45, 2.75) is 32.8 Å². The van der Waals surface area contributed by atoms with E-state index < -0.39 is 0 Å². The summed E-state index contributed by atoms with van der Waals surface area (Å²) < 4.78 is 11.1. The third-order valence-corrected chi connectivity index (χ3v) is 4.36. The minimum Gasteiger partial charge on any atom is -0.373 e. The van der Waals surface area contributed by atoms with Crippen LogP contribution in [0.2, 0.25) is 0 Å². The number of amides is 1. The number of pyridine rings is 1. The lowest BCUT2D eigenvalue weighted by Gasteiger charge is -2.33. The molecule has 0 spiro atoms. The minimum absolute atomic E-state index is 0.0551. The Kier molecular flexibility index (Phi) is 5.03. The molecule has 7 heteroatoms. The van der Waals surface area contributed by atoms with E-state index in [0.29, 0.717) is 36.7 Å². The Morgan fingerprint density at radius 2 is 2.20 bits per heavy atom. The van der Waals surface area contributed by atoms with E-state index in [0.717, 1.165) is 11.5 Å². The number of aromatic nitrogens is 2. The molecule has 0 saturated carbocycles. The number of carbonyl (C=O) groups excluding carboxylic acids is 1. The second-order valence-corrected chi connectivity index (χ2v) is 6.46. The smallest absolute Gasteiger partial charge is 0.259 e. The highest BCUT2D eigenvalue weighted by atomic mass is 16.5. The van der Waals surface area contributed by atoms with Crippen LogP contribution in [-0.4, -0.2) is 47.7 Å². The highest BCUT2D eigenvalue weighted by Crippen LogP contribution is 2.27. The van der Waals surface area contributed by atoms with Crippen LogP contribution >= 0.6 is 0 Å². The molecule has 1 atom stereocenters. The van der Waals surface area contributed by atoms with Crippen molar-refractivity contribution in [1.82, 2.24) is 15.0 Å². The Morgan fingerprint density at radius 1 is 1.40 bits per heavy atom. The molecule has 25 heavy (non-hydrogen) atoms. The summed E-state index contributed by atoms with van der Waals surface area (Å²) in [6.45, 7) is 7.27. The Bertz CT molecular complexity index is 757. The second kappa shape index (κ2) is 7.23. The largest absolute Gasteiger partial charge is 0.373 e. The Balaban J connectivity index is 1.81. The first-order valence-electron chi connectivity index (χ1n) is 8.53. The van der Waals surface area contributed by atoms with Crippen LogP contribution in [0, 0.1) is 6.92 Å². The lowest BCUT2D eigenvalue weighted by atomic mass is 10.0. The number of ether oxygens (including phenoxy) is 1. The normalized spacial score (nSPS) is 17.8. The molecule has 3 heterocycles. The fraction of sp³-hybridized carbons (Fsp3) is 0.500. The third-order valence-electron chi connectivity index (χ3n) is 4.36. The predicted octanol–water partition coefficient (Wildman–Crippen LogP) is 2.76. The summed E-state index contributed by atoms with van der Waals surface area (Å²) >= 11 is 0. The molecule has 2 aromatic heterocycles. The van der Waals surface area contributed by atoms with Crippen LogP contribution < -0.4 is 5.32 Å². The van der Waals surface area contributed by atoms with Gasteiger partial charge in [0.2, 0.25) is 0 Å². The number of aryl methyl sites for hydroxylation is 1. The first-order valence-corrected chi connectivity index (χ1v) is 8.53. The van der Waals surface area contributed by atoms with Gasteiger partial charge in [0.15, 0.2) is 0 Å². The Labute approximate surface area is 147 Å². The molecule has 134 valence electrons. The summed E-state index contributed by atoms with van der Waals surface area (Å²) in [7, 11) is 1.83. The minimum atomic E-state index is -0.242. The van der Waals surface area contributed by atoms with Crippen molar-refractivity contribution in [3.63, 3.8) is 0 Å². The number of nitrogens with one attached hydrogen (secondary N) is 1. The number of anilines is 1. The van der Waals surface area contributed by atoms with Gasteiger partial charge in [0.1, 0.15) is 23.2 Å². The van der Waals surface area contributed by atoms with Gasteiger partial charge in [-0.2, -0.15) is 0 Å².